The van der Waals surface area contributed by atoms with Gasteiger partial charge in [0.2, 0.25) is 0 Å². The minimum atomic E-state index is -1.06. The highest BCUT2D eigenvalue weighted by Crippen LogP contribution is 2.44. The van der Waals surface area contributed by atoms with E-state index >= 15 is 0 Å². The number of carboxylic acid groups (broad SMARTS) is 1. The van der Waals surface area contributed by atoms with Crippen molar-refractivity contribution in [3.8, 4) is 11.1 Å². The largest absolute Gasteiger partial charge is 0.481 e. The highest BCUT2D eigenvalue weighted by Gasteiger charge is 2.29. The zero-order valence-corrected chi connectivity index (χ0v) is 15.8. The van der Waals surface area contributed by atoms with Crippen LogP contribution < -0.4 is 5.32 Å². The maximum absolute atomic E-state index is 12.4. The highest BCUT2D eigenvalue weighted by atomic mass is 16.5. The lowest BCUT2D eigenvalue weighted by atomic mass is 9.98. The molecule has 4 rings (SSSR count). The molecule has 29 heavy (non-hydrogen) atoms. The third kappa shape index (κ3) is 3.82. The van der Waals surface area contributed by atoms with E-state index < -0.39 is 18.1 Å². The molecule has 1 atom stereocenters. The van der Waals surface area contributed by atoms with Gasteiger partial charge in [0.15, 0.2) is 0 Å². The van der Waals surface area contributed by atoms with E-state index in [1.54, 1.807) is 13.2 Å². The number of benzene rings is 2. The summed E-state index contributed by atoms with van der Waals surface area (Å²) in [6, 6.07) is 15.3. The molecule has 0 radical (unpaired) electrons. The van der Waals surface area contributed by atoms with E-state index in [2.05, 4.69) is 27.8 Å². The number of hydrogen-bond acceptors (Lipinski definition) is 5. The van der Waals surface area contributed by atoms with Crippen LogP contribution in [0.4, 0.5) is 4.79 Å². The standard InChI is InChI=1S/C21H20N4O4/c1-25-11-19(23-24-25)18(10-20(26)27)22-21(28)29-12-17-15-8-4-2-6-13(15)14-7-3-5-9-16(14)17/h2-9,11,17-18H,10,12H2,1H3,(H,22,28)(H,26,27)/t18-/m1/s1. The Morgan fingerprint density at radius 2 is 1.76 bits per heavy atom. The first-order chi connectivity index (χ1) is 14.0. The number of amides is 1. The number of aromatic nitrogens is 3. The normalized spacial score (nSPS) is 13.4. The molecule has 0 bridgehead atoms. The summed E-state index contributed by atoms with van der Waals surface area (Å²) in [5.74, 6) is -1.12. The van der Waals surface area contributed by atoms with Crippen LogP contribution in [-0.4, -0.2) is 38.8 Å². The topological polar surface area (TPSA) is 106 Å². The first-order valence-corrected chi connectivity index (χ1v) is 9.22. The monoisotopic (exact) mass is 392 g/mol. The molecule has 0 saturated heterocycles. The molecule has 0 spiro atoms. The van der Waals surface area contributed by atoms with E-state index in [1.807, 2.05) is 36.4 Å². The Balaban J connectivity index is 1.47. The average molecular weight is 392 g/mol. The molecular weight excluding hydrogens is 372 g/mol. The Hall–Kier alpha value is -3.68. The summed E-state index contributed by atoms with van der Waals surface area (Å²) >= 11 is 0. The lowest BCUT2D eigenvalue weighted by molar-refractivity contribution is -0.137. The van der Waals surface area contributed by atoms with Crippen molar-refractivity contribution in [3.05, 3.63) is 71.5 Å². The number of nitrogens with zero attached hydrogens (tertiary/aromatic N) is 3. The fourth-order valence-electron chi connectivity index (χ4n) is 3.71. The van der Waals surface area contributed by atoms with Crippen molar-refractivity contribution < 1.29 is 19.4 Å². The number of fused-ring (bicyclic) bond motifs is 3. The smallest absolute Gasteiger partial charge is 0.407 e. The van der Waals surface area contributed by atoms with Crippen LogP contribution in [0, 0.1) is 0 Å². The molecule has 0 fully saturated rings. The van der Waals surface area contributed by atoms with E-state index in [9.17, 15) is 9.59 Å². The SMILES string of the molecule is Cn1cc([C@@H](CC(=O)O)NC(=O)OCC2c3ccccc3-c3ccccc32)nn1. The Bertz CT molecular complexity index is 1020. The number of alkyl carbamates (subject to hydrolysis) is 1. The minimum absolute atomic E-state index is 0.0670. The molecule has 148 valence electrons. The maximum Gasteiger partial charge on any atom is 0.407 e. The number of aliphatic carboxylic acids is 1. The summed E-state index contributed by atoms with van der Waals surface area (Å²) in [6.45, 7) is 0.153. The maximum atomic E-state index is 12.4. The molecule has 0 saturated carbocycles. The fraction of sp³-hybridized carbons (Fsp3) is 0.238. The molecule has 3 aromatic rings. The number of aryl methyl sites for hydroxylation is 1. The Morgan fingerprint density at radius 3 is 2.31 bits per heavy atom. The molecule has 2 N–H and O–H groups in total. The zero-order chi connectivity index (χ0) is 20.4. The van der Waals surface area contributed by atoms with Gasteiger partial charge < -0.3 is 15.2 Å². The van der Waals surface area contributed by atoms with Crippen molar-refractivity contribution in [1.29, 1.82) is 0 Å². The molecule has 8 heteroatoms. The lowest BCUT2D eigenvalue weighted by Gasteiger charge is -2.17. The van der Waals surface area contributed by atoms with Crippen molar-refractivity contribution in [1.82, 2.24) is 20.3 Å². The van der Waals surface area contributed by atoms with E-state index in [1.165, 1.54) is 4.68 Å². The third-order valence-electron chi connectivity index (χ3n) is 4.99. The number of rotatable bonds is 6. The van der Waals surface area contributed by atoms with Crippen LogP contribution in [0.25, 0.3) is 11.1 Å². The Labute approximate surface area is 167 Å². The van der Waals surface area contributed by atoms with Crippen LogP contribution in [0.1, 0.15) is 35.2 Å². The number of carbonyl (C=O) groups is 2. The summed E-state index contributed by atoms with van der Waals surface area (Å²) in [4.78, 5) is 23.6. The van der Waals surface area contributed by atoms with Gasteiger partial charge in [0.25, 0.3) is 0 Å². The predicted octanol–water partition coefficient (Wildman–Crippen LogP) is 2.87. The first kappa shape index (κ1) is 18.7. The fourth-order valence-corrected chi connectivity index (χ4v) is 3.71. The average Bonchev–Trinajstić information content (AvgIpc) is 3.27. The van der Waals surface area contributed by atoms with Gasteiger partial charge in [-0.3, -0.25) is 9.48 Å². The lowest BCUT2D eigenvalue weighted by Crippen LogP contribution is -2.32. The second-order valence-corrected chi connectivity index (χ2v) is 6.94. The van der Waals surface area contributed by atoms with Gasteiger partial charge in [0.05, 0.1) is 18.7 Å². The quantitative estimate of drug-likeness (QED) is 0.668. The second kappa shape index (κ2) is 7.75. The van der Waals surface area contributed by atoms with Gasteiger partial charge in [-0.15, -0.1) is 5.10 Å². The summed E-state index contributed by atoms with van der Waals surface area (Å²) in [5.41, 5.74) is 4.86. The number of ether oxygens (including phenoxy) is 1. The molecule has 0 unspecified atom stereocenters. The molecule has 2 aromatic carbocycles. The van der Waals surface area contributed by atoms with Crippen LogP contribution in [0.5, 0.6) is 0 Å². The highest BCUT2D eigenvalue weighted by molar-refractivity contribution is 5.79. The van der Waals surface area contributed by atoms with E-state index in [0.29, 0.717) is 5.69 Å². The molecule has 8 nitrogen and oxygen atoms in total. The van der Waals surface area contributed by atoms with Crippen molar-refractivity contribution >= 4 is 12.1 Å². The van der Waals surface area contributed by atoms with Crippen LogP contribution in [0.2, 0.25) is 0 Å². The number of hydrogen-bond donors (Lipinski definition) is 2. The van der Waals surface area contributed by atoms with Crippen molar-refractivity contribution in [3.63, 3.8) is 0 Å². The van der Waals surface area contributed by atoms with Gasteiger partial charge >= 0.3 is 12.1 Å². The predicted molar refractivity (Wildman–Crippen MR) is 104 cm³/mol. The van der Waals surface area contributed by atoms with Crippen LogP contribution in [-0.2, 0) is 16.6 Å². The van der Waals surface area contributed by atoms with Crippen LogP contribution >= 0.6 is 0 Å². The third-order valence-corrected chi connectivity index (χ3v) is 4.99. The Morgan fingerprint density at radius 1 is 1.14 bits per heavy atom. The summed E-state index contributed by atoms with van der Waals surface area (Å²) in [6.07, 6.45) is 0.559. The summed E-state index contributed by atoms with van der Waals surface area (Å²) in [5, 5.41) is 19.4. The summed E-state index contributed by atoms with van der Waals surface area (Å²) in [7, 11) is 1.67. The minimum Gasteiger partial charge on any atom is -0.481 e. The Kier molecular flexibility index (Phi) is 4.99. The van der Waals surface area contributed by atoms with Crippen LogP contribution in [0.3, 0.4) is 0 Å². The van der Waals surface area contributed by atoms with Gasteiger partial charge in [-0.1, -0.05) is 53.7 Å². The molecule has 1 aliphatic carbocycles. The number of nitrogens with one attached hydrogen (secondary N) is 1. The molecule has 0 aliphatic heterocycles. The van der Waals surface area contributed by atoms with Gasteiger partial charge in [0.1, 0.15) is 12.3 Å². The first-order valence-electron chi connectivity index (χ1n) is 9.22. The van der Waals surface area contributed by atoms with Gasteiger partial charge in [0, 0.05) is 13.0 Å². The van der Waals surface area contributed by atoms with Gasteiger partial charge in [-0.05, 0) is 22.3 Å². The summed E-state index contributed by atoms with van der Waals surface area (Å²) < 4.78 is 6.93. The molecule has 1 heterocycles. The zero-order valence-electron chi connectivity index (χ0n) is 15.8. The molecule has 1 amide bonds. The van der Waals surface area contributed by atoms with Crippen molar-refractivity contribution in [2.24, 2.45) is 7.05 Å². The second-order valence-electron chi connectivity index (χ2n) is 6.94. The van der Waals surface area contributed by atoms with Crippen LogP contribution in [0.15, 0.2) is 54.7 Å². The van der Waals surface area contributed by atoms with E-state index in [0.717, 1.165) is 22.3 Å². The molecule has 1 aromatic heterocycles. The number of carboxylic acids is 1. The number of carbonyl (C=O) groups excluding carboxylic acids is 1. The van der Waals surface area contributed by atoms with E-state index in [4.69, 9.17) is 9.84 Å². The van der Waals surface area contributed by atoms with Gasteiger partial charge in [-0.25, -0.2) is 4.79 Å². The van der Waals surface area contributed by atoms with Gasteiger partial charge in [-0.2, -0.15) is 0 Å². The van der Waals surface area contributed by atoms with Crippen molar-refractivity contribution in [2.45, 2.75) is 18.4 Å². The molecular formula is C21H20N4O4. The molecule has 1 aliphatic rings. The van der Waals surface area contributed by atoms with E-state index in [-0.39, 0.29) is 18.9 Å². The van der Waals surface area contributed by atoms with Crippen molar-refractivity contribution in [2.75, 3.05) is 6.61 Å².